The Morgan fingerprint density at radius 1 is 1.67 bits per heavy atom. The number of amides is 1. The first-order valence-corrected chi connectivity index (χ1v) is 4.87. The molecule has 4 heteroatoms. The van der Waals surface area contributed by atoms with Crippen molar-refractivity contribution in [3.05, 3.63) is 36.8 Å². The van der Waals surface area contributed by atoms with Crippen LogP contribution in [0, 0.1) is 0 Å². The van der Waals surface area contributed by atoms with Gasteiger partial charge in [-0.3, -0.25) is 4.79 Å². The van der Waals surface area contributed by atoms with Gasteiger partial charge in [0, 0.05) is 6.54 Å². The van der Waals surface area contributed by atoms with Crippen LogP contribution in [-0.4, -0.2) is 30.5 Å². The molecule has 2 heterocycles. The van der Waals surface area contributed by atoms with E-state index >= 15 is 0 Å². The minimum Gasteiger partial charge on any atom is -0.467 e. The van der Waals surface area contributed by atoms with Crippen LogP contribution in [0.2, 0.25) is 0 Å². The van der Waals surface area contributed by atoms with Crippen LogP contribution in [0.3, 0.4) is 0 Å². The van der Waals surface area contributed by atoms with Gasteiger partial charge in [-0.15, -0.1) is 0 Å². The molecule has 0 aromatic carbocycles. The molecule has 4 nitrogen and oxygen atoms in total. The molecule has 80 valence electrons. The second-order valence-corrected chi connectivity index (χ2v) is 3.36. The third kappa shape index (κ3) is 2.10. The van der Waals surface area contributed by atoms with Crippen molar-refractivity contribution in [3.63, 3.8) is 0 Å². The summed E-state index contributed by atoms with van der Waals surface area (Å²) in [5.74, 6) is 0.700. The van der Waals surface area contributed by atoms with E-state index in [1.165, 1.54) is 6.08 Å². The molecule has 1 aliphatic rings. The summed E-state index contributed by atoms with van der Waals surface area (Å²) in [7, 11) is 0. The van der Waals surface area contributed by atoms with Gasteiger partial charge in [0.15, 0.2) is 0 Å². The molecule has 0 radical (unpaired) electrons. The van der Waals surface area contributed by atoms with Gasteiger partial charge in [0.1, 0.15) is 11.9 Å². The van der Waals surface area contributed by atoms with Gasteiger partial charge >= 0.3 is 0 Å². The van der Waals surface area contributed by atoms with Gasteiger partial charge in [0.05, 0.1) is 19.4 Å². The summed E-state index contributed by atoms with van der Waals surface area (Å²) in [5, 5.41) is 0. The number of rotatable bonds is 2. The molecule has 0 saturated carbocycles. The van der Waals surface area contributed by atoms with Gasteiger partial charge in [-0.25, -0.2) is 0 Å². The maximum Gasteiger partial charge on any atom is 0.246 e. The lowest BCUT2D eigenvalue weighted by atomic mass is 10.2. The fourth-order valence-corrected chi connectivity index (χ4v) is 1.63. The fraction of sp³-hybridized carbons (Fsp3) is 0.364. The third-order valence-electron chi connectivity index (χ3n) is 2.41. The molecule has 0 N–H and O–H groups in total. The third-order valence-corrected chi connectivity index (χ3v) is 2.41. The van der Waals surface area contributed by atoms with Crippen molar-refractivity contribution in [2.75, 3.05) is 19.7 Å². The minimum atomic E-state index is -0.155. The molecule has 0 spiro atoms. The Balaban J connectivity index is 2.04. The average molecular weight is 207 g/mol. The molecular weight excluding hydrogens is 194 g/mol. The average Bonchev–Trinajstić information content (AvgIpc) is 2.82. The predicted octanol–water partition coefficient (Wildman–Crippen LogP) is 1.37. The van der Waals surface area contributed by atoms with Crippen molar-refractivity contribution in [2.24, 2.45) is 0 Å². The Bertz CT molecular complexity index is 345. The van der Waals surface area contributed by atoms with Crippen molar-refractivity contribution >= 4 is 5.91 Å². The van der Waals surface area contributed by atoms with Crippen molar-refractivity contribution < 1.29 is 13.9 Å². The highest BCUT2D eigenvalue weighted by Gasteiger charge is 2.25. The second-order valence-electron chi connectivity index (χ2n) is 3.36. The lowest BCUT2D eigenvalue weighted by molar-refractivity contribution is -0.134. The summed E-state index contributed by atoms with van der Waals surface area (Å²) in [6.07, 6.45) is 2.77. The topological polar surface area (TPSA) is 42.7 Å². The Labute approximate surface area is 88.1 Å². The molecule has 15 heavy (non-hydrogen) atoms. The molecule has 1 aliphatic heterocycles. The molecule has 1 aromatic heterocycles. The zero-order chi connectivity index (χ0) is 10.7. The Kier molecular flexibility index (Phi) is 2.87. The van der Waals surface area contributed by atoms with Crippen molar-refractivity contribution in [3.8, 4) is 0 Å². The molecule has 1 fully saturated rings. The minimum absolute atomic E-state index is 0.0603. The summed E-state index contributed by atoms with van der Waals surface area (Å²) in [5.41, 5.74) is 0. The maximum atomic E-state index is 11.4. The number of hydrogen-bond donors (Lipinski definition) is 0. The summed E-state index contributed by atoms with van der Waals surface area (Å²) in [4.78, 5) is 13.1. The van der Waals surface area contributed by atoms with Gasteiger partial charge in [-0.2, -0.15) is 0 Å². The molecule has 0 aliphatic carbocycles. The Hall–Kier alpha value is -1.55. The van der Waals surface area contributed by atoms with Gasteiger partial charge in [0.2, 0.25) is 5.91 Å². The zero-order valence-electron chi connectivity index (χ0n) is 8.39. The van der Waals surface area contributed by atoms with E-state index in [4.69, 9.17) is 9.15 Å². The Morgan fingerprint density at radius 3 is 3.20 bits per heavy atom. The first kappa shape index (κ1) is 9.98. The van der Waals surface area contributed by atoms with E-state index in [2.05, 4.69) is 6.58 Å². The monoisotopic (exact) mass is 207 g/mol. The number of furan rings is 1. The van der Waals surface area contributed by atoms with E-state index < -0.39 is 0 Å². The van der Waals surface area contributed by atoms with Crippen LogP contribution < -0.4 is 0 Å². The number of ether oxygens (including phenoxy) is 1. The number of carbonyl (C=O) groups is 1. The summed E-state index contributed by atoms with van der Waals surface area (Å²) < 4.78 is 10.8. The standard InChI is InChI=1S/C11H13NO3/c1-2-11(13)12-5-7-15-10(8-12)9-4-3-6-14-9/h2-4,6,10H,1,5,7-8H2. The number of carbonyl (C=O) groups excluding carboxylic acids is 1. The highest BCUT2D eigenvalue weighted by molar-refractivity contribution is 5.87. The van der Waals surface area contributed by atoms with Crippen LogP contribution >= 0.6 is 0 Å². The van der Waals surface area contributed by atoms with Gasteiger partial charge in [-0.05, 0) is 18.2 Å². The smallest absolute Gasteiger partial charge is 0.246 e. The predicted molar refractivity (Wildman–Crippen MR) is 54.2 cm³/mol. The summed E-state index contributed by atoms with van der Waals surface area (Å²) in [6.45, 7) is 5.14. The normalized spacial score (nSPS) is 21.3. The van der Waals surface area contributed by atoms with Crippen LogP contribution in [0.5, 0.6) is 0 Å². The number of hydrogen-bond acceptors (Lipinski definition) is 3. The second kappa shape index (κ2) is 4.31. The molecule has 1 unspecified atom stereocenters. The van der Waals surface area contributed by atoms with Crippen molar-refractivity contribution in [1.29, 1.82) is 0 Å². The molecule has 1 amide bonds. The number of morpholine rings is 1. The van der Waals surface area contributed by atoms with E-state index in [1.807, 2.05) is 12.1 Å². The van der Waals surface area contributed by atoms with Crippen LogP contribution in [0.4, 0.5) is 0 Å². The highest BCUT2D eigenvalue weighted by atomic mass is 16.5. The first-order chi connectivity index (χ1) is 7.31. The lowest BCUT2D eigenvalue weighted by Gasteiger charge is -2.31. The van der Waals surface area contributed by atoms with E-state index in [1.54, 1.807) is 11.2 Å². The van der Waals surface area contributed by atoms with Crippen LogP contribution in [0.25, 0.3) is 0 Å². The van der Waals surface area contributed by atoms with Crippen molar-refractivity contribution in [1.82, 2.24) is 4.90 Å². The van der Waals surface area contributed by atoms with E-state index in [-0.39, 0.29) is 12.0 Å². The molecule has 1 saturated heterocycles. The molecule has 0 bridgehead atoms. The number of nitrogens with zero attached hydrogens (tertiary/aromatic N) is 1. The van der Waals surface area contributed by atoms with Crippen molar-refractivity contribution in [2.45, 2.75) is 6.10 Å². The largest absolute Gasteiger partial charge is 0.467 e. The maximum absolute atomic E-state index is 11.4. The van der Waals surface area contributed by atoms with Gasteiger partial charge < -0.3 is 14.1 Å². The lowest BCUT2D eigenvalue weighted by Crippen LogP contribution is -2.41. The zero-order valence-corrected chi connectivity index (χ0v) is 8.39. The van der Waals surface area contributed by atoms with Gasteiger partial charge in [-0.1, -0.05) is 6.58 Å². The van der Waals surface area contributed by atoms with E-state index in [0.717, 1.165) is 5.76 Å². The highest BCUT2D eigenvalue weighted by Crippen LogP contribution is 2.22. The SMILES string of the molecule is C=CC(=O)N1CCOC(c2ccco2)C1. The molecular formula is C11H13NO3. The summed E-state index contributed by atoms with van der Waals surface area (Å²) in [6, 6.07) is 3.67. The van der Waals surface area contributed by atoms with Crippen LogP contribution in [-0.2, 0) is 9.53 Å². The molecule has 1 aromatic rings. The first-order valence-electron chi connectivity index (χ1n) is 4.87. The fourth-order valence-electron chi connectivity index (χ4n) is 1.63. The Morgan fingerprint density at radius 2 is 2.53 bits per heavy atom. The molecule has 2 rings (SSSR count). The van der Waals surface area contributed by atoms with Gasteiger partial charge in [0.25, 0.3) is 0 Å². The van der Waals surface area contributed by atoms with E-state index in [9.17, 15) is 4.79 Å². The van der Waals surface area contributed by atoms with E-state index in [0.29, 0.717) is 19.7 Å². The van der Waals surface area contributed by atoms with Crippen LogP contribution in [0.1, 0.15) is 11.9 Å². The molecule has 1 atom stereocenters. The summed E-state index contributed by atoms with van der Waals surface area (Å²) >= 11 is 0. The quantitative estimate of drug-likeness (QED) is 0.688. The van der Waals surface area contributed by atoms with Crippen LogP contribution in [0.15, 0.2) is 35.5 Å².